The summed E-state index contributed by atoms with van der Waals surface area (Å²) < 4.78 is 40.1. The summed E-state index contributed by atoms with van der Waals surface area (Å²) in [5.41, 5.74) is 2.40. The zero-order chi connectivity index (χ0) is 26.8. The Hall–Kier alpha value is -4.14. The van der Waals surface area contributed by atoms with Crippen molar-refractivity contribution >= 4 is 21.6 Å². The molecule has 0 saturated carbocycles. The number of nitrogens with one attached hydrogen (secondary N) is 2. The van der Waals surface area contributed by atoms with Crippen LogP contribution in [0.5, 0.6) is 11.5 Å². The lowest BCUT2D eigenvalue weighted by Gasteiger charge is -2.19. The van der Waals surface area contributed by atoms with Gasteiger partial charge in [0.2, 0.25) is 15.9 Å². The zero-order valence-corrected chi connectivity index (χ0v) is 21.9. The molecular formula is C30H30N2O5S. The molecule has 0 aliphatic carbocycles. The van der Waals surface area contributed by atoms with Crippen molar-refractivity contribution in [2.45, 2.75) is 30.9 Å². The van der Waals surface area contributed by atoms with Crippen LogP contribution in [-0.2, 0) is 27.8 Å². The summed E-state index contributed by atoms with van der Waals surface area (Å²) >= 11 is 0. The maximum Gasteiger partial charge on any atom is 0.242 e. The van der Waals surface area contributed by atoms with Crippen LogP contribution in [0.1, 0.15) is 18.1 Å². The van der Waals surface area contributed by atoms with E-state index in [1.807, 2.05) is 67.6 Å². The van der Waals surface area contributed by atoms with Gasteiger partial charge in [0, 0.05) is 5.69 Å². The Balaban J connectivity index is 1.46. The van der Waals surface area contributed by atoms with Crippen molar-refractivity contribution in [2.24, 2.45) is 0 Å². The molecular weight excluding hydrogens is 500 g/mol. The highest BCUT2D eigenvalue weighted by Crippen LogP contribution is 2.19. The molecule has 0 fully saturated rings. The minimum atomic E-state index is -3.98. The molecule has 1 atom stereocenters. The Morgan fingerprint density at radius 3 is 1.89 bits per heavy atom. The number of rotatable bonds is 12. The van der Waals surface area contributed by atoms with E-state index in [9.17, 15) is 13.2 Å². The maximum atomic E-state index is 13.3. The summed E-state index contributed by atoms with van der Waals surface area (Å²) in [6, 6.07) is 31.1. The molecule has 38 heavy (non-hydrogen) atoms. The normalized spacial score (nSPS) is 11.9. The first-order valence-corrected chi connectivity index (χ1v) is 13.8. The van der Waals surface area contributed by atoms with E-state index in [0.717, 1.165) is 11.1 Å². The van der Waals surface area contributed by atoms with E-state index in [0.29, 0.717) is 30.4 Å². The molecule has 0 spiro atoms. The lowest BCUT2D eigenvalue weighted by Crippen LogP contribution is -2.45. The van der Waals surface area contributed by atoms with Gasteiger partial charge in [0.1, 0.15) is 24.1 Å². The molecule has 0 unspecified atom stereocenters. The first-order valence-electron chi connectivity index (χ1n) is 12.3. The van der Waals surface area contributed by atoms with Crippen molar-refractivity contribution in [1.29, 1.82) is 0 Å². The van der Waals surface area contributed by atoms with Crippen LogP contribution < -0.4 is 19.5 Å². The van der Waals surface area contributed by atoms with E-state index in [2.05, 4.69) is 10.0 Å². The van der Waals surface area contributed by atoms with Gasteiger partial charge in [-0.3, -0.25) is 4.79 Å². The van der Waals surface area contributed by atoms with Crippen molar-refractivity contribution in [3.05, 3.63) is 120 Å². The predicted octanol–water partition coefficient (Wildman–Crippen LogP) is 5.19. The van der Waals surface area contributed by atoms with E-state index >= 15 is 0 Å². The fourth-order valence-corrected chi connectivity index (χ4v) is 4.97. The van der Waals surface area contributed by atoms with Gasteiger partial charge >= 0.3 is 0 Å². The number of hydrogen-bond donors (Lipinski definition) is 2. The van der Waals surface area contributed by atoms with Gasteiger partial charge in [-0.1, -0.05) is 60.7 Å². The maximum absolute atomic E-state index is 13.3. The molecule has 1 amide bonds. The third-order valence-corrected chi connectivity index (χ3v) is 7.20. The van der Waals surface area contributed by atoms with Crippen molar-refractivity contribution in [1.82, 2.24) is 4.72 Å². The second kappa shape index (κ2) is 12.9. The topological polar surface area (TPSA) is 93.7 Å². The van der Waals surface area contributed by atoms with Crippen molar-refractivity contribution in [3.8, 4) is 11.5 Å². The van der Waals surface area contributed by atoms with Crippen molar-refractivity contribution in [3.63, 3.8) is 0 Å². The molecule has 0 radical (unpaired) electrons. The van der Waals surface area contributed by atoms with Gasteiger partial charge in [-0.15, -0.1) is 0 Å². The number of anilines is 1. The molecule has 7 nitrogen and oxygen atoms in total. The zero-order valence-electron chi connectivity index (χ0n) is 21.0. The molecule has 0 aromatic heterocycles. The molecule has 4 rings (SSSR count). The second-order valence-corrected chi connectivity index (χ2v) is 10.3. The summed E-state index contributed by atoms with van der Waals surface area (Å²) in [6.07, 6.45) is 0.182. The monoisotopic (exact) mass is 530 g/mol. The molecule has 8 heteroatoms. The van der Waals surface area contributed by atoms with Gasteiger partial charge in [-0.2, -0.15) is 4.72 Å². The Morgan fingerprint density at radius 2 is 1.29 bits per heavy atom. The van der Waals surface area contributed by atoms with Gasteiger partial charge in [-0.05, 0) is 73.0 Å². The van der Waals surface area contributed by atoms with Crippen molar-refractivity contribution in [2.75, 3.05) is 11.9 Å². The van der Waals surface area contributed by atoms with Gasteiger partial charge in [0.25, 0.3) is 0 Å². The fourth-order valence-electron chi connectivity index (χ4n) is 3.78. The molecule has 0 saturated heterocycles. The number of amides is 1. The number of carbonyl (C=O) groups is 1. The average molecular weight is 531 g/mol. The van der Waals surface area contributed by atoms with Gasteiger partial charge in [-0.25, -0.2) is 8.42 Å². The molecule has 4 aromatic rings. The lowest BCUT2D eigenvalue weighted by atomic mass is 10.1. The first-order chi connectivity index (χ1) is 18.4. The van der Waals surface area contributed by atoms with E-state index in [-0.39, 0.29) is 11.3 Å². The van der Waals surface area contributed by atoms with Crippen LogP contribution in [0.4, 0.5) is 5.69 Å². The van der Waals surface area contributed by atoms with E-state index in [1.54, 1.807) is 36.4 Å². The van der Waals surface area contributed by atoms with Gasteiger partial charge in [0.15, 0.2) is 0 Å². The molecule has 196 valence electrons. The van der Waals surface area contributed by atoms with E-state index < -0.39 is 22.0 Å². The quantitative estimate of drug-likeness (QED) is 0.263. The summed E-state index contributed by atoms with van der Waals surface area (Å²) in [5.74, 6) is 0.756. The Kier molecular flexibility index (Phi) is 9.13. The SMILES string of the molecule is CCOc1ccc(S(=O)(=O)N[C@H](Cc2ccccc2)C(=O)Nc2ccc(OCc3ccccc3)cc2)cc1. The van der Waals surface area contributed by atoms with E-state index in [4.69, 9.17) is 9.47 Å². The highest BCUT2D eigenvalue weighted by atomic mass is 32.2. The Morgan fingerprint density at radius 1 is 0.737 bits per heavy atom. The highest BCUT2D eigenvalue weighted by molar-refractivity contribution is 7.89. The Bertz CT molecular complexity index is 1410. The van der Waals surface area contributed by atoms with Crippen LogP contribution >= 0.6 is 0 Å². The number of hydrogen-bond acceptors (Lipinski definition) is 5. The van der Waals surface area contributed by atoms with Crippen LogP contribution in [-0.4, -0.2) is 27.0 Å². The summed E-state index contributed by atoms with van der Waals surface area (Å²) in [7, 11) is -3.98. The Labute approximate surface area is 223 Å². The van der Waals surface area contributed by atoms with Gasteiger partial charge in [0.05, 0.1) is 11.5 Å². The first kappa shape index (κ1) is 26.9. The number of carbonyl (C=O) groups excluding carboxylic acids is 1. The van der Waals surface area contributed by atoms with Crippen LogP contribution in [0, 0.1) is 0 Å². The van der Waals surface area contributed by atoms with E-state index in [1.165, 1.54) is 12.1 Å². The smallest absolute Gasteiger partial charge is 0.242 e. The lowest BCUT2D eigenvalue weighted by molar-refractivity contribution is -0.117. The molecule has 4 aromatic carbocycles. The van der Waals surface area contributed by atoms with Crippen LogP contribution in [0.2, 0.25) is 0 Å². The molecule has 0 bridgehead atoms. The largest absolute Gasteiger partial charge is 0.494 e. The average Bonchev–Trinajstić information content (AvgIpc) is 2.94. The molecule has 0 aliphatic heterocycles. The number of ether oxygens (including phenoxy) is 2. The standard InChI is InChI=1S/C30H30N2O5S/c1-2-36-26-17-19-28(20-18-26)38(34,35)32-29(21-23-9-5-3-6-10-23)30(33)31-25-13-15-27(16-14-25)37-22-24-11-7-4-8-12-24/h3-20,29,32H,2,21-22H2,1H3,(H,31,33)/t29-/m1/s1. The summed E-state index contributed by atoms with van der Waals surface area (Å²) in [5, 5.41) is 2.82. The highest BCUT2D eigenvalue weighted by Gasteiger charge is 2.26. The number of benzene rings is 4. The summed E-state index contributed by atoms with van der Waals surface area (Å²) in [6.45, 7) is 2.76. The predicted molar refractivity (Wildman–Crippen MR) is 148 cm³/mol. The van der Waals surface area contributed by atoms with Crippen molar-refractivity contribution < 1.29 is 22.7 Å². The third-order valence-electron chi connectivity index (χ3n) is 5.71. The number of sulfonamides is 1. The minimum Gasteiger partial charge on any atom is -0.494 e. The third kappa shape index (κ3) is 7.68. The molecule has 0 heterocycles. The minimum absolute atomic E-state index is 0.0479. The molecule has 2 N–H and O–H groups in total. The van der Waals surface area contributed by atoms with Crippen LogP contribution in [0.3, 0.4) is 0 Å². The van der Waals surface area contributed by atoms with Crippen LogP contribution in [0.15, 0.2) is 114 Å². The fraction of sp³-hybridized carbons (Fsp3) is 0.167. The van der Waals surface area contributed by atoms with Gasteiger partial charge < -0.3 is 14.8 Å². The van der Waals surface area contributed by atoms with Crippen LogP contribution in [0.25, 0.3) is 0 Å². The second-order valence-electron chi connectivity index (χ2n) is 8.56. The summed E-state index contributed by atoms with van der Waals surface area (Å²) in [4.78, 5) is 13.3. The molecule has 0 aliphatic rings.